The number of carbonyl (C=O) groups excluding carboxylic acids is 2. The molecule has 0 atom stereocenters. The summed E-state index contributed by atoms with van der Waals surface area (Å²) in [5.41, 5.74) is 5.33. The number of amides is 1. The first-order valence-corrected chi connectivity index (χ1v) is 9.73. The lowest BCUT2D eigenvalue weighted by atomic mass is 10.1. The summed E-state index contributed by atoms with van der Waals surface area (Å²) in [5.74, 6) is -1.73. The Balaban J connectivity index is 2.00. The summed E-state index contributed by atoms with van der Waals surface area (Å²) in [6.07, 6.45) is 1.54. The van der Waals surface area contributed by atoms with Crippen LogP contribution in [0, 0.1) is 39.0 Å². The Labute approximate surface area is 181 Å². The molecule has 1 heterocycles. The van der Waals surface area contributed by atoms with Gasteiger partial charge in [-0.2, -0.15) is 5.26 Å². The van der Waals surface area contributed by atoms with Gasteiger partial charge in [-0.3, -0.25) is 4.79 Å². The number of carbonyl (C=O) groups is 2. The van der Waals surface area contributed by atoms with Crippen molar-refractivity contribution in [2.75, 3.05) is 5.32 Å². The molecule has 0 fully saturated rings. The Morgan fingerprint density at radius 2 is 1.77 bits per heavy atom. The highest BCUT2D eigenvalue weighted by Crippen LogP contribution is 2.26. The molecule has 6 heteroatoms. The summed E-state index contributed by atoms with van der Waals surface area (Å²) in [6, 6.07) is 16.2. The van der Waals surface area contributed by atoms with Crippen LogP contribution in [0.15, 0.2) is 54.1 Å². The van der Waals surface area contributed by atoms with Crippen LogP contribution >= 0.6 is 0 Å². The Hall–Kier alpha value is -4.11. The average Bonchev–Trinajstić information content (AvgIpc) is 2.99. The van der Waals surface area contributed by atoms with Gasteiger partial charge >= 0.3 is 0 Å². The number of nitriles is 1. The Bertz CT molecular complexity index is 1260. The van der Waals surface area contributed by atoms with E-state index in [4.69, 9.17) is 0 Å². The van der Waals surface area contributed by atoms with E-state index in [0.29, 0.717) is 22.5 Å². The summed E-state index contributed by atoms with van der Waals surface area (Å²) >= 11 is 0. The molecule has 3 rings (SSSR count). The highest BCUT2D eigenvalue weighted by atomic mass is 16.4. The maximum Gasteiger partial charge on any atom is 0.266 e. The van der Waals surface area contributed by atoms with E-state index in [9.17, 15) is 20.0 Å². The fourth-order valence-corrected chi connectivity index (χ4v) is 3.62. The number of aryl methyl sites for hydroxylation is 2. The predicted molar refractivity (Wildman–Crippen MR) is 118 cm³/mol. The summed E-state index contributed by atoms with van der Waals surface area (Å²) in [7, 11) is 0. The second-order valence-electron chi connectivity index (χ2n) is 7.39. The van der Waals surface area contributed by atoms with Gasteiger partial charge in [-0.15, -0.1) is 0 Å². The largest absolute Gasteiger partial charge is 0.545 e. The molecule has 2 aromatic carbocycles. The van der Waals surface area contributed by atoms with Gasteiger partial charge in [0.05, 0.1) is 5.97 Å². The first-order valence-electron chi connectivity index (χ1n) is 9.73. The van der Waals surface area contributed by atoms with E-state index in [-0.39, 0.29) is 11.1 Å². The third-order valence-electron chi connectivity index (χ3n) is 5.18. The SMILES string of the molecule is Cc1cccc(NC(=O)/C(C#N)=C\c2cc(C)n(-c3cccc(C(=O)[O-])c3C)c2C)c1. The third-order valence-corrected chi connectivity index (χ3v) is 5.18. The van der Waals surface area contributed by atoms with Gasteiger partial charge < -0.3 is 19.8 Å². The Morgan fingerprint density at radius 1 is 1.06 bits per heavy atom. The van der Waals surface area contributed by atoms with Crippen LogP contribution in [-0.2, 0) is 4.79 Å². The van der Waals surface area contributed by atoms with Crippen LogP contribution in [0.5, 0.6) is 0 Å². The predicted octanol–water partition coefficient (Wildman–Crippen LogP) is 3.62. The molecule has 1 N–H and O–H groups in total. The van der Waals surface area contributed by atoms with Crippen molar-refractivity contribution in [1.29, 1.82) is 5.26 Å². The minimum atomic E-state index is -1.23. The molecule has 0 bridgehead atoms. The van der Waals surface area contributed by atoms with E-state index in [2.05, 4.69) is 5.32 Å². The Kier molecular flexibility index (Phi) is 6.07. The fourth-order valence-electron chi connectivity index (χ4n) is 3.62. The summed E-state index contributed by atoms with van der Waals surface area (Å²) in [6.45, 7) is 7.39. The van der Waals surface area contributed by atoms with Crippen LogP contribution in [0.3, 0.4) is 0 Å². The van der Waals surface area contributed by atoms with Gasteiger partial charge in [0.15, 0.2) is 0 Å². The number of anilines is 1. The van der Waals surface area contributed by atoms with Crippen LogP contribution in [0.2, 0.25) is 0 Å². The molecule has 156 valence electrons. The average molecular weight is 412 g/mol. The molecule has 1 aromatic heterocycles. The molecular weight excluding hydrogens is 390 g/mol. The smallest absolute Gasteiger partial charge is 0.266 e. The second kappa shape index (κ2) is 8.72. The molecule has 0 unspecified atom stereocenters. The van der Waals surface area contributed by atoms with E-state index in [1.165, 1.54) is 6.07 Å². The number of hydrogen-bond donors (Lipinski definition) is 1. The summed E-state index contributed by atoms with van der Waals surface area (Å²) in [5, 5.41) is 23.7. The van der Waals surface area contributed by atoms with E-state index < -0.39 is 11.9 Å². The highest BCUT2D eigenvalue weighted by Gasteiger charge is 2.16. The molecule has 0 aliphatic heterocycles. The molecule has 0 spiro atoms. The number of hydrogen-bond acceptors (Lipinski definition) is 4. The normalized spacial score (nSPS) is 11.1. The van der Waals surface area contributed by atoms with Crippen molar-refractivity contribution < 1.29 is 14.7 Å². The van der Waals surface area contributed by atoms with Gasteiger partial charge in [0.1, 0.15) is 11.6 Å². The molecule has 3 aromatic rings. The summed E-state index contributed by atoms with van der Waals surface area (Å²) < 4.78 is 1.90. The van der Waals surface area contributed by atoms with Crippen molar-refractivity contribution in [2.24, 2.45) is 0 Å². The van der Waals surface area contributed by atoms with Gasteiger partial charge in [0, 0.05) is 28.3 Å². The number of aromatic carboxylic acids is 1. The van der Waals surface area contributed by atoms with Crippen LogP contribution in [0.25, 0.3) is 11.8 Å². The lowest BCUT2D eigenvalue weighted by Crippen LogP contribution is -2.23. The van der Waals surface area contributed by atoms with Crippen molar-refractivity contribution in [2.45, 2.75) is 27.7 Å². The molecular formula is C25H22N3O3-. The number of carboxylic acids is 1. The number of carboxylic acid groups (broad SMARTS) is 1. The molecule has 0 saturated carbocycles. The van der Waals surface area contributed by atoms with E-state index >= 15 is 0 Å². The number of rotatable bonds is 5. The standard InChI is InChI=1S/C25H23N3O3/c1-15-7-5-8-21(11-15)27-24(29)20(14-26)13-19-12-16(2)28(18(19)4)23-10-6-9-22(17(23)3)25(30)31/h5-13H,1-4H3,(H,27,29)(H,30,31)/p-1/b20-13-. The molecule has 0 aliphatic carbocycles. The molecule has 0 aliphatic rings. The maximum absolute atomic E-state index is 12.6. The molecule has 0 saturated heterocycles. The number of aromatic nitrogens is 1. The number of nitrogens with zero attached hydrogens (tertiary/aromatic N) is 2. The Morgan fingerprint density at radius 3 is 2.42 bits per heavy atom. The van der Waals surface area contributed by atoms with Crippen molar-refractivity contribution in [1.82, 2.24) is 4.57 Å². The van der Waals surface area contributed by atoms with Crippen LogP contribution in [-0.4, -0.2) is 16.4 Å². The van der Waals surface area contributed by atoms with Crippen molar-refractivity contribution in [3.63, 3.8) is 0 Å². The molecule has 0 radical (unpaired) electrons. The minimum absolute atomic E-state index is 0.0260. The van der Waals surface area contributed by atoms with E-state index in [1.54, 1.807) is 25.1 Å². The zero-order valence-corrected chi connectivity index (χ0v) is 17.8. The van der Waals surface area contributed by atoms with Crippen LogP contribution < -0.4 is 10.4 Å². The summed E-state index contributed by atoms with van der Waals surface area (Å²) in [4.78, 5) is 24.0. The van der Waals surface area contributed by atoms with Gasteiger partial charge in [-0.1, -0.05) is 24.3 Å². The van der Waals surface area contributed by atoms with Crippen molar-refractivity contribution in [3.05, 3.63) is 87.7 Å². The van der Waals surface area contributed by atoms with Gasteiger partial charge in [0.2, 0.25) is 0 Å². The second-order valence-corrected chi connectivity index (χ2v) is 7.39. The minimum Gasteiger partial charge on any atom is -0.545 e. The number of nitrogens with one attached hydrogen (secondary N) is 1. The lowest BCUT2D eigenvalue weighted by Gasteiger charge is -2.16. The van der Waals surface area contributed by atoms with Crippen molar-refractivity contribution in [3.8, 4) is 11.8 Å². The number of benzene rings is 2. The monoisotopic (exact) mass is 412 g/mol. The maximum atomic E-state index is 12.6. The molecule has 31 heavy (non-hydrogen) atoms. The topological polar surface area (TPSA) is 98.0 Å². The van der Waals surface area contributed by atoms with Gasteiger partial charge in [-0.05, 0) is 74.7 Å². The van der Waals surface area contributed by atoms with Crippen LogP contribution in [0.1, 0.15) is 38.4 Å². The highest BCUT2D eigenvalue weighted by molar-refractivity contribution is 6.09. The lowest BCUT2D eigenvalue weighted by molar-refractivity contribution is -0.255. The fraction of sp³-hybridized carbons (Fsp3) is 0.160. The first-order chi connectivity index (χ1) is 14.7. The van der Waals surface area contributed by atoms with E-state index in [1.807, 2.05) is 61.7 Å². The third kappa shape index (κ3) is 4.41. The zero-order chi connectivity index (χ0) is 22.7. The van der Waals surface area contributed by atoms with Gasteiger partial charge in [-0.25, -0.2) is 0 Å². The van der Waals surface area contributed by atoms with Gasteiger partial charge in [0.25, 0.3) is 5.91 Å². The molecule has 1 amide bonds. The van der Waals surface area contributed by atoms with Crippen LogP contribution in [0.4, 0.5) is 5.69 Å². The van der Waals surface area contributed by atoms with E-state index in [0.717, 1.165) is 17.0 Å². The first kappa shape index (κ1) is 21.6. The zero-order valence-electron chi connectivity index (χ0n) is 17.8. The molecule has 6 nitrogen and oxygen atoms in total. The van der Waals surface area contributed by atoms with Crippen molar-refractivity contribution >= 4 is 23.6 Å². The quantitative estimate of drug-likeness (QED) is 0.511.